The minimum atomic E-state index is 0.286. The van der Waals surface area contributed by atoms with Crippen molar-refractivity contribution in [3.05, 3.63) is 29.3 Å². The van der Waals surface area contributed by atoms with E-state index in [9.17, 15) is 5.11 Å². The summed E-state index contributed by atoms with van der Waals surface area (Å²) in [6.45, 7) is 10.7. The fourth-order valence-electron chi connectivity index (χ4n) is 4.86. The summed E-state index contributed by atoms with van der Waals surface area (Å²) in [6, 6.07) is 8.14. The van der Waals surface area contributed by atoms with Gasteiger partial charge in [0.05, 0.1) is 13.2 Å². The number of ether oxygens (including phenoxy) is 1. The van der Waals surface area contributed by atoms with E-state index in [4.69, 9.17) is 4.74 Å². The Balaban J connectivity index is 1.46. The van der Waals surface area contributed by atoms with Crippen LogP contribution in [0.15, 0.2) is 18.2 Å². The molecular formula is C21H33N3O2. The zero-order valence-corrected chi connectivity index (χ0v) is 16.1. The van der Waals surface area contributed by atoms with Crippen molar-refractivity contribution in [2.45, 2.75) is 44.8 Å². The molecule has 26 heavy (non-hydrogen) atoms. The van der Waals surface area contributed by atoms with E-state index in [1.54, 1.807) is 0 Å². The summed E-state index contributed by atoms with van der Waals surface area (Å²) in [6.07, 6.45) is 3.54. The van der Waals surface area contributed by atoms with Crippen LogP contribution < -0.4 is 4.90 Å². The highest BCUT2D eigenvalue weighted by Gasteiger charge is 2.35. The highest BCUT2D eigenvalue weighted by atomic mass is 16.5. The Morgan fingerprint density at radius 1 is 1.15 bits per heavy atom. The highest BCUT2D eigenvalue weighted by Crippen LogP contribution is 2.28. The van der Waals surface area contributed by atoms with Gasteiger partial charge in [0.1, 0.15) is 0 Å². The van der Waals surface area contributed by atoms with Crippen LogP contribution >= 0.6 is 0 Å². The summed E-state index contributed by atoms with van der Waals surface area (Å²) in [4.78, 5) is 7.69. The number of rotatable bonds is 5. The molecule has 0 saturated carbocycles. The van der Waals surface area contributed by atoms with Crippen molar-refractivity contribution in [2.75, 3.05) is 57.4 Å². The molecule has 3 saturated heterocycles. The molecule has 2 atom stereocenters. The number of fused-ring (bicyclic) bond motifs is 1. The second-order valence-electron chi connectivity index (χ2n) is 8.10. The van der Waals surface area contributed by atoms with Crippen LogP contribution in [0.1, 0.15) is 30.4 Å². The molecule has 3 heterocycles. The van der Waals surface area contributed by atoms with Crippen LogP contribution in [-0.2, 0) is 11.3 Å². The van der Waals surface area contributed by atoms with Gasteiger partial charge >= 0.3 is 0 Å². The topological polar surface area (TPSA) is 39.2 Å². The summed E-state index contributed by atoms with van der Waals surface area (Å²) >= 11 is 0. The molecule has 0 radical (unpaired) electrons. The van der Waals surface area contributed by atoms with E-state index in [-0.39, 0.29) is 6.61 Å². The van der Waals surface area contributed by atoms with Gasteiger partial charge < -0.3 is 14.7 Å². The smallest absolute Gasteiger partial charge is 0.0642 e. The number of nitrogens with zero attached hydrogens (tertiary/aromatic N) is 3. The molecule has 3 aliphatic rings. The Hall–Kier alpha value is -1.14. The molecular weight excluding hydrogens is 326 g/mol. The lowest BCUT2D eigenvalue weighted by molar-refractivity contribution is 0.0332. The fraction of sp³-hybridized carbons (Fsp3) is 0.714. The van der Waals surface area contributed by atoms with E-state index in [1.807, 2.05) is 0 Å². The van der Waals surface area contributed by atoms with Gasteiger partial charge in [-0.25, -0.2) is 0 Å². The minimum absolute atomic E-state index is 0.286. The van der Waals surface area contributed by atoms with E-state index in [1.165, 1.54) is 36.2 Å². The molecule has 5 heteroatoms. The molecule has 0 bridgehead atoms. The SMILES string of the molecule is Cc1cc(N2CCOCC2)ccc1CN1C[C@H]2CCCN2C[C@@H]1CCO. The predicted octanol–water partition coefficient (Wildman–Crippen LogP) is 1.86. The minimum Gasteiger partial charge on any atom is -0.396 e. The molecule has 1 N–H and O–H groups in total. The quantitative estimate of drug-likeness (QED) is 0.869. The van der Waals surface area contributed by atoms with Gasteiger partial charge in [0, 0.05) is 57.1 Å². The van der Waals surface area contributed by atoms with Crippen LogP contribution in [0.25, 0.3) is 0 Å². The maximum absolute atomic E-state index is 9.52. The summed E-state index contributed by atoms with van der Waals surface area (Å²) in [5.41, 5.74) is 4.13. The van der Waals surface area contributed by atoms with Crippen molar-refractivity contribution >= 4 is 5.69 Å². The Labute approximate surface area is 157 Å². The molecule has 5 nitrogen and oxygen atoms in total. The number of anilines is 1. The molecule has 0 aliphatic carbocycles. The first kappa shape index (κ1) is 18.2. The number of morpholine rings is 1. The molecule has 0 unspecified atom stereocenters. The first-order chi connectivity index (χ1) is 12.7. The molecule has 0 amide bonds. The van der Waals surface area contributed by atoms with Crippen LogP contribution in [0.3, 0.4) is 0 Å². The standard InChI is InChI=1S/C21H33N3O2/c1-17-13-19(22-8-11-26-12-9-22)5-4-18(17)14-24-16-20-3-2-7-23(20)15-21(24)6-10-25/h4-5,13,20-21,25H,2-3,6-12,14-16H2,1H3/t20-,21+/m1/s1. The second-order valence-corrected chi connectivity index (χ2v) is 8.10. The lowest BCUT2D eigenvalue weighted by Gasteiger charge is -2.44. The molecule has 4 rings (SSSR count). The molecule has 144 valence electrons. The van der Waals surface area contributed by atoms with Gasteiger partial charge in [-0.3, -0.25) is 9.80 Å². The number of aryl methyl sites for hydroxylation is 1. The molecule has 1 aromatic rings. The van der Waals surface area contributed by atoms with E-state index in [0.717, 1.165) is 58.4 Å². The maximum atomic E-state index is 9.52. The molecule has 0 aromatic heterocycles. The summed E-state index contributed by atoms with van der Waals surface area (Å²) in [7, 11) is 0. The van der Waals surface area contributed by atoms with Crippen LogP contribution in [-0.4, -0.2) is 79.5 Å². The van der Waals surface area contributed by atoms with Gasteiger partial charge in [0.25, 0.3) is 0 Å². The van der Waals surface area contributed by atoms with E-state index < -0.39 is 0 Å². The second kappa shape index (κ2) is 8.26. The number of hydrogen-bond donors (Lipinski definition) is 1. The number of piperazine rings is 1. The lowest BCUT2D eigenvalue weighted by atomic mass is 10.0. The van der Waals surface area contributed by atoms with Gasteiger partial charge in [0.2, 0.25) is 0 Å². The maximum Gasteiger partial charge on any atom is 0.0642 e. The Bertz CT molecular complexity index is 603. The summed E-state index contributed by atoms with van der Waals surface area (Å²) in [5.74, 6) is 0. The van der Waals surface area contributed by atoms with Gasteiger partial charge in [-0.2, -0.15) is 0 Å². The Morgan fingerprint density at radius 2 is 2.00 bits per heavy atom. The summed E-state index contributed by atoms with van der Waals surface area (Å²) < 4.78 is 5.47. The van der Waals surface area contributed by atoms with Crippen molar-refractivity contribution in [1.29, 1.82) is 0 Å². The Morgan fingerprint density at radius 3 is 2.77 bits per heavy atom. The summed E-state index contributed by atoms with van der Waals surface area (Å²) in [5, 5.41) is 9.52. The van der Waals surface area contributed by atoms with E-state index in [0.29, 0.717) is 6.04 Å². The number of hydrogen-bond acceptors (Lipinski definition) is 5. The van der Waals surface area contributed by atoms with Crippen LogP contribution in [0, 0.1) is 6.92 Å². The van der Waals surface area contributed by atoms with Crippen LogP contribution in [0.4, 0.5) is 5.69 Å². The third-order valence-corrected chi connectivity index (χ3v) is 6.44. The monoisotopic (exact) mass is 359 g/mol. The molecule has 3 fully saturated rings. The normalized spacial score (nSPS) is 27.7. The van der Waals surface area contributed by atoms with Gasteiger partial charge in [-0.15, -0.1) is 0 Å². The Kier molecular flexibility index (Phi) is 5.79. The third-order valence-electron chi connectivity index (χ3n) is 6.44. The highest BCUT2D eigenvalue weighted by molar-refractivity contribution is 5.51. The average molecular weight is 360 g/mol. The number of benzene rings is 1. The fourth-order valence-corrected chi connectivity index (χ4v) is 4.86. The van der Waals surface area contributed by atoms with Crippen molar-refractivity contribution in [1.82, 2.24) is 9.80 Å². The van der Waals surface area contributed by atoms with Crippen molar-refractivity contribution < 1.29 is 9.84 Å². The zero-order chi connectivity index (χ0) is 17.9. The van der Waals surface area contributed by atoms with Gasteiger partial charge in [0.15, 0.2) is 0 Å². The first-order valence-electron chi connectivity index (χ1n) is 10.3. The first-order valence-corrected chi connectivity index (χ1v) is 10.3. The molecule has 1 aromatic carbocycles. The zero-order valence-electron chi connectivity index (χ0n) is 16.1. The predicted molar refractivity (Wildman–Crippen MR) is 105 cm³/mol. The van der Waals surface area contributed by atoms with E-state index in [2.05, 4.69) is 39.8 Å². The average Bonchev–Trinajstić information content (AvgIpc) is 3.11. The van der Waals surface area contributed by atoms with Gasteiger partial charge in [-0.05, 0) is 56.0 Å². The van der Waals surface area contributed by atoms with Crippen molar-refractivity contribution in [3.63, 3.8) is 0 Å². The van der Waals surface area contributed by atoms with Crippen LogP contribution in [0.5, 0.6) is 0 Å². The van der Waals surface area contributed by atoms with Crippen molar-refractivity contribution in [3.8, 4) is 0 Å². The van der Waals surface area contributed by atoms with Crippen molar-refractivity contribution in [2.24, 2.45) is 0 Å². The molecule has 0 spiro atoms. The number of aliphatic hydroxyl groups is 1. The van der Waals surface area contributed by atoms with E-state index >= 15 is 0 Å². The largest absolute Gasteiger partial charge is 0.396 e. The van der Waals surface area contributed by atoms with Crippen LogP contribution in [0.2, 0.25) is 0 Å². The molecule has 3 aliphatic heterocycles. The third kappa shape index (κ3) is 3.91. The lowest BCUT2D eigenvalue weighted by Crippen LogP contribution is -2.55. The van der Waals surface area contributed by atoms with Gasteiger partial charge in [-0.1, -0.05) is 6.07 Å². The number of aliphatic hydroxyl groups excluding tert-OH is 1.